The molecule has 0 spiro atoms. The zero-order valence-corrected chi connectivity index (χ0v) is 9.31. The van der Waals surface area contributed by atoms with Crippen LogP contribution in [0.15, 0.2) is 36.4 Å². The second-order valence-corrected chi connectivity index (χ2v) is 4.31. The summed E-state index contributed by atoms with van der Waals surface area (Å²) in [6, 6.07) is 9.37. The van der Waals surface area contributed by atoms with Crippen LogP contribution in [0.1, 0.15) is 10.4 Å². The molecule has 2 aromatic rings. The van der Waals surface area contributed by atoms with Gasteiger partial charge in [0, 0.05) is 16.5 Å². The van der Waals surface area contributed by atoms with Crippen LogP contribution < -0.4 is 0 Å². The van der Waals surface area contributed by atoms with Gasteiger partial charge in [0.25, 0.3) is 0 Å². The molecule has 1 aromatic heterocycles. The molecule has 0 saturated carbocycles. The lowest BCUT2D eigenvalue weighted by Gasteiger charge is -2.01. The second kappa shape index (κ2) is 4.34. The molecule has 0 saturated heterocycles. The molecule has 0 atom stereocenters. The van der Waals surface area contributed by atoms with Crippen LogP contribution in [0.2, 0.25) is 0 Å². The fraction of sp³-hybridized carbons (Fsp3) is 0. The SMILES string of the molecule is O=C(O)c1ccccc1-c1ccc([N+](=O)[O-])s1. The molecule has 0 aliphatic heterocycles. The third-order valence-electron chi connectivity index (χ3n) is 2.19. The van der Waals surface area contributed by atoms with Gasteiger partial charge in [0.1, 0.15) is 0 Å². The molecule has 0 unspecified atom stereocenters. The largest absolute Gasteiger partial charge is 0.478 e. The number of thiophene rings is 1. The average Bonchev–Trinajstić information content (AvgIpc) is 2.78. The summed E-state index contributed by atoms with van der Waals surface area (Å²) < 4.78 is 0. The number of nitrogens with zero attached hydrogens (tertiary/aromatic N) is 1. The van der Waals surface area contributed by atoms with Gasteiger partial charge in [-0.15, -0.1) is 0 Å². The zero-order chi connectivity index (χ0) is 12.4. The molecule has 6 heteroatoms. The molecule has 1 N–H and O–H groups in total. The van der Waals surface area contributed by atoms with E-state index in [1.54, 1.807) is 24.3 Å². The lowest BCUT2D eigenvalue weighted by Crippen LogP contribution is -1.97. The van der Waals surface area contributed by atoms with Gasteiger partial charge in [0.2, 0.25) is 0 Å². The molecule has 17 heavy (non-hydrogen) atoms. The number of benzene rings is 1. The van der Waals surface area contributed by atoms with Gasteiger partial charge < -0.3 is 5.11 Å². The summed E-state index contributed by atoms with van der Waals surface area (Å²) in [5.74, 6) is -1.04. The van der Waals surface area contributed by atoms with E-state index in [1.807, 2.05) is 0 Å². The van der Waals surface area contributed by atoms with Gasteiger partial charge in [0.15, 0.2) is 0 Å². The quantitative estimate of drug-likeness (QED) is 0.669. The van der Waals surface area contributed by atoms with E-state index in [9.17, 15) is 14.9 Å². The third kappa shape index (κ3) is 2.16. The first-order valence-electron chi connectivity index (χ1n) is 4.66. The summed E-state index contributed by atoms with van der Waals surface area (Å²) in [5, 5.41) is 19.6. The highest BCUT2D eigenvalue weighted by Gasteiger charge is 2.15. The Morgan fingerprint density at radius 3 is 2.53 bits per heavy atom. The average molecular weight is 249 g/mol. The van der Waals surface area contributed by atoms with Crippen LogP contribution in [0.5, 0.6) is 0 Å². The highest BCUT2D eigenvalue weighted by molar-refractivity contribution is 7.18. The number of hydrogen-bond donors (Lipinski definition) is 1. The van der Waals surface area contributed by atoms with Crippen molar-refractivity contribution < 1.29 is 14.8 Å². The number of carboxylic acids is 1. The van der Waals surface area contributed by atoms with Crippen LogP contribution in [0, 0.1) is 10.1 Å². The minimum absolute atomic E-state index is 0.000178. The first kappa shape index (κ1) is 11.3. The Kier molecular flexibility index (Phi) is 2.88. The number of carboxylic acid groups (broad SMARTS) is 1. The van der Waals surface area contributed by atoms with E-state index in [0.717, 1.165) is 11.3 Å². The number of aromatic carboxylic acids is 1. The lowest BCUT2D eigenvalue weighted by atomic mass is 10.1. The van der Waals surface area contributed by atoms with Crippen molar-refractivity contribution in [2.45, 2.75) is 0 Å². The Morgan fingerprint density at radius 2 is 1.94 bits per heavy atom. The predicted octanol–water partition coefficient (Wildman–Crippen LogP) is 3.02. The van der Waals surface area contributed by atoms with Crippen molar-refractivity contribution in [2.24, 2.45) is 0 Å². The molecule has 0 radical (unpaired) electrons. The molecule has 5 nitrogen and oxygen atoms in total. The van der Waals surface area contributed by atoms with Gasteiger partial charge in [-0.2, -0.15) is 0 Å². The molecular formula is C11H7NO4S. The monoisotopic (exact) mass is 249 g/mol. The fourth-order valence-electron chi connectivity index (χ4n) is 1.46. The van der Waals surface area contributed by atoms with Crippen LogP contribution in [0.4, 0.5) is 5.00 Å². The van der Waals surface area contributed by atoms with E-state index in [2.05, 4.69) is 0 Å². The van der Waals surface area contributed by atoms with Gasteiger partial charge in [-0.05, 0) is 12.1 Å². The molecule has 1 aromatic carbocycles. The van der Waals surface area contributed by atoms with E-state index in [4.69, 9.17) is 5.11 Å². The smallest absolute Gasteiger partial charge is 0.336 e. The number of hydrogen-bond acceptors (Lipinski definition) is 4. The van der Waals surface area contributed by atoms with Gasteiger partial charge >= 0.3 is 11.0 Å². The van der Waals surface area contributed by atoms with Crippen LogP contribution >= 0.6 is 11.3 Å². The first-order valence-corrected chi connectivity index (χ1v) is 5.48. The van der Waals surface area contributed by atoms with E-state index in [1.165, 1.54) is 12.1 Å². The van der Waals surface area contributed by atoms with Crippen molar-refractivity contribution >= 4 is 22.3 Å². The van der Waals surface area contributed by atoms with Gasteiger partial charge in [-0.1, -0.05) is 29.5 Å². The molecule has 0 bridgehead atoms. The maximum atomic E-state index is 11.0. The fourth-order valence-corrected chi connectivity index (χ4v) is 2.32. The minimum Gasteiger partial charge on any atom is -0.478 e. The molecule has 0 fully saturated rings. The van der Waals surface area contributed by atoms with E-state index in [-0.39, 0.29) is 10.6 Å². The van der Waals surface area contributed by atoms with Crippen LogP contribution in [-0.2, 0) is 0 Å². The van der Waals surface area contributed by atoms with Crippen molar-refractivity contribution in [3.8, 4) is 10.4 Å². The molecule has 0 aliphatic carbocycles. The second-order valence-electron chi connectivity index (χ2n) is 3.25. The molecule has 2 rings (SSSR count). The predicted molar refractivity (Wildman–Crippen MR) is 63.4 cm³/mol. The lowest BCUT2D eigenvalue weighted by molar-refractivity contribution is -0.380. The maximum Gasteiger partial charge on any atom is 0.336 e. The Balaban J connectivity index is 2.52. The molecule has 0 aliphatic rings. The van der Waals surface area contributed by atoms with E-state index >= 15 is 0 Å². The van der Waals surface area contributed by atoms with Gasteiger partial charge in [-0.3, -0.25) is 10.1 Å². The van der Waals surface area contributed by atoms with Crippen molar-refractivity contribution in [1.82, 2.24) is 0 Å². The zero-order valence-electron chi connectivity index (χ0n) is 8.49. The van der Waals surface area contributed by atoms with E-state index < -0.39 is 10.9 Å². The normalized spacial score (nSPS) is 10.1. The van der Waals surface area contributed by atoms with E-state index in [0.29, 0.717) is 10.4 Å². The number of carbonyl (C=O) groups is 1. The maximum absolute atomic E-state index is 11.0. The number of rotatable bonds is 3. The third-order valence-corrected chi connectivity index (χ3v) is 3.26. The standard InChI is InChI=1S/C11H7NO4S/c13-11(14)8-4-2-1-3-7(8)9-5-6-10(17-9)12(15)16/h1-6H,(H,13,14). The topological polar surface area (TPSA) is 80.4 Å². The molecule has 86 valence electrons. The van der Waals surface area contributed by atoms with Crippen molar-refractivity contribution in [1.29, 1.82) is 0 Å². The van der Waals surface area contributed by atoms with Gasteiger partial charge in [0.05, 0.1) is 10.5 Å². The van der Waals surface area contributed by atoms with Crippen LogP contribution in [0.3, 0.4) is 0 Å². The molecule has 1 heterocycles. The minimum atomic E-state index is -1.04. The summed E-state index contributed by atoms with van der Waals surface area (Å²) in [7, 11) is 0. The van der Waals surface area contributed by atoms with Crippen molar-refractivity contribution in [3.63, 3.8) is 0 Å². The van der Waals surface area contributed by atoms with Crippen molar-refractivity contribution in [2.75, 3.05) is 0 Å². The number of nitro groups is 1. The van der Waals surface area contributed by atoms with Crippen LogP contribution in [0.25, 0.3) is 10.4 Å². The summed E-state index contributed by atoms with van der Waals surface area (Å²) in [6.07, 6.45) is 0. The Morgan fingerprint density at radius 1 is 1.24 bits per heavy atom. The summed E-state index contributed by atoms with van der Waals surface area (Å²) >= 11 is 0.963. The van der Waals surface area contributed by atoms with Crippen LogP contribution in [-0.4, -0.2) is 16.0 Å². The molecule has 0 amide bonds. The Labute approximate surface area is 100 Å². The summed E-state index contributed by atoms with van der Waals surface area (Å²) in [4.78, 5) is 21.7. The Hall–Kier alpha value is -2.21. The highest BCUT2D eigenvalue weighted by atomic mass is 32.1. The Bertz CT molecular complexity index is 591. The first-order chi connectivity index (χ1) is 8.09. The molecular weight excluding hydrogens is 242 g/mol. The summed E-state index contributed by atoms with van der Waals surface area (Å²) in [5.41, 5.74) is 0.641. The summed E-state index contributed by atoms with van der Waals surface area (Å²) in [6.45, 7) is 0. The van der Waals surface area contributed by atoms with Crippen molar-refractivity contribution in [3.05, 3.63) is 52.1 Å². The highest BCUT2D eigenvalue weighted by Crippen LogP contribution is 2.34. The van der Waals surface area contributed by atoms with Gasteiger partial charge in [-0.25, -0.2) is 4.79 Å².